The molecule has 2 aromatic rings. The van der Waals surface area contributed by atoms with Crippen LogP contribution in [-0.2, 0) is 0 Å². The topological polar surface area (TPSA) is 51.8 Å². The molecule has 0 amide bonds. The first kappa shape index (κ1) is 11.6. The fraction of sp³-hybridized carbons (Fsp3) is 0.167. The molecule has 0 fully saturated rings. The van der Waals surface area contributed by atoms with Gasteiger partial charge in [-0.25, -0.2) is 8.78 Å². The first-order chi connectivity index (χ1) is 8.11. The maximum absolute atomic E-state index is 13.8. The van der Waals surface area contributed by atoms with E-state index in [9.17, 15) is 8.78 Å². The third-order valence-corrected chi connectivity index (χ3v) is 2.60. The van der Waals surface area contributed by atoms with Crippen LogP contribution in [-0.4, -0.2) is 10.2 Å². The van der Waals surface area contributed by atoms with E-state index in [1.165, 1.54) is 24.5 Å². The monoisotopic (exact) mass is 235 g/mol. The molecule has 0 spiro atoms. The highest BCUT2D eigenvalue weighted by Crippen LogP contribution is 2.25. The van der Waals surface area contributed by atoms with Crippen LogP contribution < -0.4 is 5.73 Å². The number of rotatable bonds is 2. The molecule has 17 heavy (non-hydrogen) atoms. The average molecular weight is 235 g/mol. The molecule has 3 nitrogen and oxygen atoms in total. The third kappa shape index (κ3) is 2.14. The van der Waals surface area contributed by atoms with Gasteiger partial charge in [-0.15, -0.1) is 0 Å². The first-order valence-corrected chi connectivity index (χ1v) is 5.08. The van der Waals surface area contributed by atoms with Crippen molar-refractivity contribution in [3.05, 3.63) is 58.9 Å². The molecule has 0 radical (unpaired) electrons. The molecule has 1 aromatic heterocycles. The van der Waals surface area contributed by atoms with Crippen LogP contribution in [0.2, 0.25) is 0 Å². The Kier molecular flexibility index (Phi) is 3.10. The Hall–Kier alpha value is -1.88. The number of halogens is 2. The smallest absolute Gasteiger partial charge is 0.134 e. The summed E-state index contributed by atoms with van der Waals surface area (Å²) in [7, 11) is 0. The third-order valence-electron chi connectivity index (χ3n) is 2.60. The summed E-state index contributed by atoms with van der Waals surface area (Å²) in [4.78, 5) is 0. The van der Waals surface area contributed by atoms with Crippen molar-refractivity contribution in [3.8, 4) is 0 Å². The Bertz CT molecular complexity index is 529. The van der Waals surface area contributed by atoms with E-state index in [2.05, 4.69) is 10.2 Å². The summed E-state index contributed by atoms with van der Waals surface area (Å²) in [6, 6.07) is 3.29. The molecule has 1 atom stereocenters. The second-order valence-electron chi connectivity index (χ2n) is 3.75. The Morgan fingerprint density at radius 1 is 1.18 bits per heavy atom. The van der Waals surface area contributed by atoms with E-state index < -0.39 is 17.7 Å². The summed E-state index contributed by atoms with van der Waals surface area (Å²) >= 11 is 0. The molecular formula is C12H11F2N3. The van der Waals surface area contributed by atoms with Gasteiger partial charge >= 0.3 is 0 Å². The van der Waals surface area contributed by atoms with Crippen LogP contribution in [0, 0.1) is 18.6 Å². The second-order valence-corrected chi connectivity index (χ2v) is 3.75. The van der Waals surface area contributed by atoms with Gasteiger partial charge in [0, 0.05) is 11.8 Å². The molecule has 0 aliphatic carbocycles. The molecule has 88 valence electrons. The van der Waals surface area contributed by atoms with Crippen LogP contribution in [0.5, 0.6) is 0 Å². The Balaban J connectivity index is 2.51. The summed E-state index contributed by atoms with van der Waals surface area (Å²) in [6.07, 6.45) is 2.83. The van der Waals surface area contributed by atoms with Crippen molar-refractivity contribution in [1.29, 1.82) is 0 Å². The van der Waals surface area contributed by atoms with Crippen molar-refractivity contribution >= 4 is 0 Å². The standard InChI is InChI=1S/C12H11F2N3/c1-7-2-3-9(13)10(11(7)14)12(15)8-4-5-16-17-6-8/h2-6,12H,15H2,1H3. The molecule has 0 aliphatic rings. The number of benzene rings is 1. The minimum Gasteiger partial charge on any atom is -0.320 e. The first-order valence-electron chi connectivity index (χ1n) is 5.08. The minimum absolute atomic E-state index is 0.141. The van der Waals surface area contributed by atoms with Crippen molar-refractivity contribution in [3.63, 3.8) is 0 Å². The van der Waals surface area contributed by atoms with Crippen LogP contribution in [0.4, 0.5) is 8.78 Å². The number of aryl methyl sites for hydroxylation is 1. The van der Waals surface area contributed by atoms with Crippen LogP contribution in [0.3, 0.4) is 0 Å². The Morgan fingerprint density at radius 3 is 2.59 bits per heavy atom. The van der Waals surface area contributed by atoms with Gasteiger partial charge in [-0.3, -0.25) is 0 Å². The van der Waals surface area contributed by atoms with Crippen molar-refractivity contribution in [2.24, 2.45) is 5.73 Å². The molecule has 2 rings (SSSR count). The SMILES string of the molecule is Cc1ccc(F)c(C(N)c2ccnnc2)c1F. The number of aromatic nitrogens is 2. The summed E-state index contributed by atoms with van der Waals surface area (Å²) in [5.41, 5.74) is 6.58. The largest absolute Gasteiger partial charge is 0.320 e. The Labute approximate surface area is 97.3 Å². The second kappa shape index (κ2) is 4.55. The van der Waals surface area contributed by atoms with Crippen LogP contribution in [0.1, 0.15) is 22.7 Å². The summed E-state index contributed by atoms with van der Waals surface area (Å²) < 4.78 is 27.5. The van der Waals surface area contributed by atoms with Crippen molar-refractivity contribution in [2.75, 3.05) is 0 Å². The highest BCUT2D eigenvalue weighted by atomic mass is 19.1. The van der Waals surface area contributed by atoms with Gasteiger partial charge in [-0.05, 0) is 30.2 Å². The number of nitrogens with zero attached hydrogens (tertiary/aromatic N) is 2. The highest BCUT2D eigenvalue weighted by molar-refractivity contribution is 5.34. The van der Waals surface area contributed by atoms with E-state index in [-0.39, 0.29) is 5.56 Å². The lowest BCUT2D eigenvalue weighted by atomic mass is 9.98. The van der Waals surface area contributed by atoms with Gasteiger partial charge in [0.15, 0.2) is 0 Å². The zero-order valence-corrected chi connectivity index (χ0v) is 9.19. The van der Waals surface area contributed by atoms with Gasteiger partial charge in [0.2, 0.25) is 0 Å². The van der Waals surface area contributed by atoms with E-state index in [1.807, 2.05) is 0 Å². The van der Waals surface area contributed by atoms with E-state index >= 15 is 0 Å². The molecule has 2 N–H and O–H groups in total. The molecule has 1 aromatic carbocycles. The van der Waals surface area contributed by atoms with Gasteiger partial charge in [-0.1, -0.05) is 6.07 Å². The Morgan fingerprint density at radius 2 is 1.94 bits per heavy atom. The van der Waals surface area contributed by atoms with Crippen molar-refractivity contribution in [2.45, 2.75) is 13.0 Å². The van der Waals surface area contributed by atoms with Gasteiger partial charge in [0.25, 0.3) is 0 Å². The maximum Gasteiger partial charge on any atom is 0.134 e. The molecule has 0 saturated carbocycles. The van der Waals surface area contributed by atoms with Crippen molar-refractivity contribution in [1.82, 2.24) is 10.2 Å². The van der Waals surface area contributed by atoms with Crippen LogP contribution >= 0.6 is 0 Å². The summed E-state index contributed by atoms with van der Waals surface area (Å²) in [6.45, 7) is 1.57. The summed E-state index contributed by atoms with van der Waals surface area (Å²) in [5, 5.41) is 7.23. The van der Waals surface area contributed by atoms with E-state index in [1.54, 1.807) is 13.0 Å². The van der Waals surface area contributed by atoms with Crippen molar-refractivity contribution < 1.29 is 8.78 Å². The van der Waals surface area contributed by atoms with Gasteiger partial charge in [0.1, 0.15) is 11.6 Å². The lowest BCUT2D eigenvalue weighted by Gasteiger charge is -2.14. The quantitative estimate of drug-likeness (QED) is 0.867. The zero-order chi connectivity index (χ0) is 12.4. The molecule has 5 heteroatoms. The molecule has 0 aliphatic heterocycles. The maximum atomic E-state index is 13.8. The summed E-state index contributed by atoms with van der Waals surface area (Å²) in [5.74, 6) is -1.27. The molecule has 1 unspecified atom stereocenters. The highest BCUT2D eigenvalue weighted by Gasteiger charge is 2.19. The van der Waals surface area contributed by atoms with Gasteiger partial charge in [-0.2, -0.15) is 10.2 Å². The normalized spacial score (nSPS) is 12.5. The molecular weight excluding hydrogens is 224 g/mol. The average Bonchev–Trinajstić information content (AvgIpc) is 2.35. The molecule has 0 bridgehead atoms. The predicted octanol–water partition coefficient (Wildman–Crippen LogP) is 2.11. The minimum atomic E-state index is -0.884. The number of nitrogens with two attached hydrogens (primary N) is 1. The van der Waals surface area contributed by atoms with Gasteiger partial charge in [0.05, 0.1) is 12.2 Å². The lowest BCUT2D eigenvalue weighted by Crippen LogP contribution is -2.16. The predicted molar refractivity (Wildman–Crippen MR) is 59.2 cm³/mol. The number of hydrogen-bond donors (Lipinski definition) is 1. The van der Waals surface area contributed by atoms with E-state index in [0.717, 1.165) is 0 Å². The zero-order valence-electron chi connectivity index (χ0n) is 9.19. The van der Waals surface area contributed by atoms with Crippen LogP contribution in [0.25, 0.3) is 0 Å². The van der Waals surface area contributed by atoms with E-state index in [4.69, 9.17) is 5.73 Å². The van der Waals surface area contributed by atoms with Crippen LogP contribution in [0.15, 0.2) is 30.6 Å². The van der Waals surface area contributed by atoms with Gasteiger partial charge < -0.3 is 5.73 Å². The lowest BCUT2D eigenvalue weighted by molar-refractivity contribution is 0.537. The molecule has 1 heterocycles. The fourth-order valence-electron chi connectivity index (χ4n) is 1.62. The molecule has 0 saturated heterocycles. The fourth-order valence-corrected chi connectivity index (χ4v) is 1.62. The number of hydrogen-bond acceptors (Lipinski definition) is 3. The van der Waals surface area contributed by atoms with E-state index in [0.29, 0.717) is 11.1 Å².